The van der Waals surface area contributed by atoms with E-state index in [0.717, 1.165) is 38.6 Å². The van der Waals surface area contributed by atoms with Crippen molar-refractivity contribution in [2.45, 2.75) is 63.1 Å². The van der Waals surface area contributed by atoms with E-state index in [1.807, 2.05) is 7.05 Å². The van der Waals surface area contributed by atoms with Crippen molar-refractivity contribution >= 4 is 29.9 Å². The van der Waals surface area contributed by atoms with Crippen LogP contribution in [0.3, 0.4) is 0 Å². The molecule has 6 heteroatoms. The van der Waals surface area contributed by atoms with Crippen LogP contribution >= 0.6 is 24.0 Å². The molecule has 2 heterocycles. The highest BCUT2D eigenvalue weighted by Crippen LogP contribution is 2.60. The predicted octanol–water partition coefficient (Wildman–Crippen LogP) is 2.30. The van der Waals surface area contributed by atoms with Crippen molar-refractivity contribution in [3.05, 3.63) is 0 Å². The summed E-state index contributed by atoms with van der Waals surface area (Å²) in [6.07, 6.45) is 9.22. The molecular formula is C17H30IN3O2. The van der Waals surface area contributed by atoms with E-state index in [9.17, 15) is 0 Å². The molecule has 0 aromatic carbocycles. The van der Waals surface area contributed by atoms with Crippen LogP contribution in [0.2, 0.25) is 0 Å². The first-order valence-electron chi connectivity index (χ1n) is 9.03. The van der Waals surface area contributed by atoms with Crippen molar-refractivity contribution in [3.8, 4) is 0 Å². The molecule has 2 saturated carbocycles. The maximum Gasteiger partial charge on any atom is 0.191 e. The Bertz CT molecular complexity index is 434. The first-order valence-corrected chi connectivity index (χ1v) is 9.03. The molecule has 132 valence electrons. The molecule has 0 aromatic heterocycles. The Labute approximate surface area is 156 Å². The number of guanidine groups is 1. The number of nitrogens with zero attached hydrogens (tertiary/aromatic N) is 1. The molecule has 0 bridgehead atoms. The molecule has 4 rings (SSSR count). The van der Waals surface area contributed by atoms with E-state index in [1.165, 1.54) is 32.1 Å². The van der Waals surface area contributed by atoms with Gasteiger partial charge < -0.3 is 20.1 Å². The van der Waals surface area contributed by atoms with E-state index in [1.54, 1.807) is 0 Å². The summed E-state index contributed by atoms with van der Waals surface area (Å²) in [4.78, 5) is 4.49. The summed E-state index contributed by atoms with van der Waals surface area (Å²) in [6.45, 7) is 2.67. The third-order valence-corrected chi connectivity index (χ3v) is 6.36. The molecule has 2 aliphatic heterocycles. The van der Waals surface area contributed by atoms with Gasteiger partial charge in [0.25, 0.3) is 0 Å². The minimum Gasteiger partial charge on any atom is -0.381 e. The lowest BCUT2D eigenvalue weighted by Gasteiger charge is -2.57. The van der Waals surface area contributed by atoms with Gasteiger partial charge in [0.15, 0.2) is 5.96 Å². The van der Waals surface area contributed by atoms with Crippen molar-refractivity contribution in [3.63, 3.8) is 0 Å². The van der Waals surface area contributed by atoms with Gasteiger partial charge in [-0.25, -0.2) is 0 Å². The van der Waals surface area contributed by atoms with Gasteiger partial charge >= 0.3 is 0 Å². The maximum atomic E-state index is 6.07. The van der Waals surface area contributed by atoms with E-state index in [4.69, 9.17) is 9.47 Å². The van der Waals surface area contributed by atoms with Crippen LogP contribution in [-0.4, -0.2) is 51.0 Å². The fourth-order valence-corrected chi connectivity index (χ4v) is 5.26. The van der Waals surface area contributed by atoms with Crippen molar-refractivity contribution in [2.24, 2.45) is 16.3 Å². The zero-order chi connectivity index (χ0) is 15.0. The average Bonchev–Trinajstić information content (AvgIpc) is 3.20. The van der Waals surface area contributed by atoms with Gasteiger partial charge in [0, 0.05) is 50.3 Å². The molecule has 1 spiro atoms. The number of rotatable bonds is 2. The summed E-state index contributed by atoms with van der Waals surface area (Å²) in [5.74, 6) is 1.67. The third kappa shape index (κ3) is 3.11. The SMILES string of the molecule is CN=C(NC1CCOCC1)NC1C2CCOC2C12CCCC2.I. The molecule has 0 radical (unpaired) electrons. The van der Waals surface area contributed by atoms with Crippen LogP contribution < -0.4 is 10.6 Å². The molecule has 3 atom stereocenters. The average molecular weight is 435 g/mol. The van der Waals surface area contributed by atoms with Crippen molar-refractivity contribution in [1.82, 2.24) is 10.6 Å². The quantitative estimate of drug-likeness (QED) is 0.397. The van der Waals surface area contributed by atoms with Crippen LogP contribution in [-0.2, 0) is 9.47 Å². The van der Waals surface area contributed by atoms with E-state index >= 15 is 0 Å². The lowest BCUT2D eigenvalue weighted by molar-refractivity contribution is -0.125. The Morgan fingerprint density at radius 3 is 2.48 bits per heavy atom. The fraction of sp³-hybridized carbons (Fsp3) is 0.941. The second-order valence-corrected chi connectivity index (χ2v) is 7.41. The summed E-state index contributed by atoms with van der Waals surface area (Å²) in [5.41, 5.74) is 0.383. The summed E-state index contributed by atoms with van der Waals surface area (Å²) in [5, 5.41) is 7.38. The molecule has 4 fully saturated rings. The normalized spacial score (nSPS) is 36.2. The Kier molecular flexibility index (Phi) is 5.73. The second-order valence-electron chi connectivity index (χ2n) is 7.41. The largest absolute Gasteiger partial charge is 0.381 e. The number of hydrogen-bond acceptors (Lipinski definition) is 3. The number of ether oxygens (including phenoxy) is 2. The lowest BCUT2D eigenvalue weighted by Crippen LogP contribution is -2.69. The van der Waals surface area contributed by atoms with E-state index in [0.29, 0.717) is 29.5 Å². The van der Waals surface area contributed by atoms with Gasteiger partial charge in [-0.3, -0.25) is 4.99 Å². The molecule has 2 saturated heterocycles. The maximum absolute atomic E-state index is 6.07. The van der Waals surface area contributed by atoms with E-state index in [2.05, 4.69) is 15.6 Å². The Morgan fingerprint density at radius 1 is 1.04 bits per heavy atom. The molecule has 3 unspecified atom stereocenters. The van der Waals surface area contributed by atoms with Gasteiger partial charge in [-0.15, -0.1) is 24.0 Å². The lowest BCUT2D eigenvalue weighted by atomic mass is 9.54. The highest BCUT2D eigenvalue weighted by molar-refractivity contribution is 14.0. The smallest absolute Gasteiger partial charge is 0.191 e. The molecule has 0 aromatic rings. The molecule has 4 aliphatic rings. The summed E-state index contributed by atoms with van der Waals surface area (Å²) >= 11 is 0. The van der Waals surface area contributed by atoms with Gasteiger partial charge in [0.05, 0.1) is 6.10 Å². The topological polar surface area (TPSA) is 54.9 Å². The van der Waals surface area contributed by atoms with Crippen molar-refractivity contribution in [2.75, 3.05) is 26.9 Å². The summed E-state index contributed by atoms with van der Waals surface area (Å²) in [6, 6.07) is 1.05. The zero-order valence-corrected chi connectivity index (χ0v) is 16.4. The van der Waals surface area contributed by atoms with E-state index < -0.39 is 0 Å². The highest BCUT2D eigenvalue weighted by Gasteiger charge is 2.65. The van der Waals surface area contributed by atoms with Crippen LogP contribution in [0.5, 0.6) is 0 Å². The monoisotopic (exact) mass is 435 g/mol. The number of hydrogen-bond donors (Lipinski definition) is 2. The van der Waals surface area contributed by atoms with Gasteiger partial charge in [-0.1, -0.05) is 12.8 Å². The molecular weight excluding hydrogens is 405 g/mol. The van der Waals surface area contributed by atoms with E-state index in [-0.39, 0.29) is 24.0 Å². The number of aliphatic imine (C=N–C) groups is 1. The number of halogens is 1. The van der Waals surface area contributed by atoms with Crippen LogP contribution in [0.4, 0.5) is 0 Å². The Balaban J connectivity index is 0.00000156. The number of nitrogens with one attached hydrogen (secondary N) is 2. The fourth-order valence-electron chi connectivity index (χ4n) is 5.26. The molecule has 5 nitrogen and oxygen atoms in total. The first kappa shape index (κ1) is 17.7. The van der Waals surface area contributed by atoms with Crippen LogP contribution in [0, 0.1) is 11.3 Å². The minimum absolute atomic E-state index is 0. The van der Waals surface area contributed by atoms with Gasteiger partial charge in [-0.2, -0.15) is 0 Å². The van der Waals surface area contributed by atoms with Crippen LogP contribution in [0.25, 0.3) is 0 Å². The minimum atomic E-state index is 0. The second kappa shape index (κ2) is 7.44. The van der Waals surface area contributed by atoms with Crippen LogP contribution in [0.1, 0.15) is 44.9 Å². The van der Waals surface area contributed by atoms with Gasteiger partial charge in [0.1, 0.15) is 0 Å². The van der Waals surface area contributed by atoms with Crippen molar-refractivity contribution < 1.29 is 9.47 Å². The van der Waals surface area contributed by atoms with Crippen molar-refractivity contribution in [1.29, 1.82) is 0 Å². The Morgan fingerprint density at radius 2 is 1.78 bits per heavy atom. The highest BCUT2D eigenvalue weighted by atomic mass is 127. The predicted molar refractivity (Wildman–Crippen MR) is 101 cm³/mol. The summed E-state index contributed by atoms with van der Waals surface area (Å²) < 4.78 is 11.5. The van der Waals surface area contributed by atoms with Gasteiger partial charge in [0.2, 0.25) is 0 Å². The standard InChI is InChI=1S/C17H29N3O2.HI/c1-18-16(19-12-4-9-21-10-5-12)20-14-13-6-11-22-15(13)17(14)7-2-3-8-17;/h12-15H,2-11H2,1H3,(H2,18,19,20);1H. The van der Waals surface area contributed by atoms with Gasteiger partial charge in [-0.05, 0) is 32.1 Å². The Hall–Kier alpha value is -0.0800. The molecule has 2 aliphatic carbocycles. The molecule has 2 N–H and O–H groups in total. The molecule has 23 heavy (non-hydrogen) atoms. The molecule has 0 amide bonds. The zero-order valence-electron chi connectivity index (χ0n) is 14.1. The van der Waals surface area contributed by atoms with Crippen LogP contribution in [0.15, 0.2) is 4.99 Å². The number of fused-ring (bicyclic) bond motifs is 2. The summed E-state index contributed by atoms with van der Waals surface area (Å²) in [7, 11) is 1.89. The first-order chi connectivity index (χ1) is 10.8. The third-order valence-electron chi connectivity index (χ3n) is 6.36.